The second-order valence-corrected chi connectivity index (χ2v) is 6.38. The lowest BCUT2D eigenvalue weighted by molar-refractivity contribution is -0.157. The Morgan fingerprint density at radius 2 is 1.75 bits per heavy atom. The first-order valence-corrected chi connectivity index (χ1v) is 7.83. The Morgan fingerprint density at radius 1 is 1.08 bits per heavy atom. The standard InChI is InChI=1S/C20H17NO3/c1-12-8-10-14(11-9-12)17-13(2)18(22)24-20(17)15-6-4-5-7-16(15)21(3)19(20)23/h4-11,17H,2H2,1,3H3/t17-,20-/m0/s1. The average Bonchev–Trinajstić information content (AvgIpc) is 2.97. The van der Waals surface area contributed by atoms with Gasteiger partial charge in [0.25, 0.3) is 5.91 Å². The van der Waals surface area contributed by atoms with Gasteiger partial charge in [0.1, 0.15) is 0 Å². The van der Waals surface area contributed by atoms with Crippen molar-refractivity contribution in [1.82, 2.24) is 0 Å². The van der Waals surface area contributed by atoms with Crippen molar-refractivity contribution in [1.29, 1.82) is 0 Å². The van der Waals surface area contributed by atoms with Crippen LogP contribution in [0.3, 0.4) is 0 Å². The van der Waals surface area contributed by atoms with Crippen LogP contribution in [0.4, 0.5) is 5.69 Å². The Bertz CT molecular complexity index is 884. The molecule has 0 saturated carbocycles. The Kier molecular flexibility index (Phi) is 2.94. The molecule has 1 spiro atoms. The topological polar surface area (TPSA) is 46.6 Å². The molecule has 4 nitrogen and oxygen atoms in total. The molecule has 2 aliphatic heterocycles. The van der Waals surface area contributed by atoms with Gasteiger partial charge in [-0.2, -0.15) is 0 Å². The Labute approximate surface area is 140 Å². The molecule has 0 aromatic heterocycles. The quantitative estimate of drug-likeness (QED) is 0.599. The highest BCUT2D eigenvalue weighted by atomic mass is 16.6. The van der Waals surface area contributed by atoms with Crippen molar-refractivity contribution in [2.75, 3.05) is 11.9 Å². The molecule has 4 rings (SSSR count). The van der Waals surface area contributed by atoms with Crippen LogP contribution >= 0.6 is 0 Å². The summed E-state index contributed by atoms with van der Waals surface area (Å²) >= 11 is 0. The van der Waals surface area contributed by atoms with E-state index in [-0.39, 0.29) is 5.91 Å². The number of rotatable bonds is 1. The molecule has 1 fully saturated rings. The van der Waals surface area contributed by atoms with E-state index in [0.717, 1.165) is 22.4 Å². The van der Waals surface area contributed by atoms with Gasteiger partial charge in [-0.05, 0) is 18.6 Å². The zero-order chi connectivity index (χ0) is 17.1. The number of fused-ring (bicyclic) bond motifs is 2. The molecule has 2 atom stereocenters. The molecule has 0 unspecified atom stereocenters. The van der Waals surface area contributed by atoms with Crippen LogP contribution in [0.1, 0.15) is 22.6 Å². The summed E-state index contributed by atoms with van der Waals surface area (Å²) in [6, 6.07) is 15.2. The number of para-hydroxylation sites is 1. The average molecular weight is 319 g/mol. The van der Waals surface area contributed by atoms with Gasteiger partial charge in [0.2, 0.25) is 5.60 Å². The molecule has 1 amide bonds. The fraction of sp³-hybridized carbons (Fsp3) is 0.200. The SMILES string of the molecule is C=C1C(=O)O[C@]2(C(=O)N(C)c3ccccc32)[C@@H]1c1ccc(C)cc1. The van der Waals surface area contributed by atoms with Crippen LogP contribution in [0, 0.1) is 6.92 Å². The summed E-state index contributed by atoms with van der Waals surface area (Å²) in [5.74, 6) is -1.27. The van der Waals surface area contributed by atoms with Crippen LogP contribution in [-0.4, -0.2) is 18.9 Å². The van der Waals surface area contributed by atoms with E-state index in [2.05, 4.69) is 6.58 Å². The number of aryl methyl sites for hydroxylation is 1. The number of esters is 1. The Morgan fingerprint density at radius 3 is 2.46 bits per heavy atom. The summed E-state index contributed by atoms with van der Waals surface area (Å²) < 4.78 is 5.70. The number of nitrogens with zero attached hydrogens (tertiary/aromatic N) is 1. The highest BCUT2D eigenvalue weighted by Crippen LogP contribution is 2.56. The number of anilines is 1. The number of hydrogen-bond acceptors (Lipinski definition) is 3. The molecular weight excluding hydrogens is 302 g/mol. The maximum atomic E-state index is 13.1. The van der Waals surface area contributed by atoms with Crippen molar-refractivity contribution in [3.8, 4) is 0 Å². The van der Waals surface area contributed by atoms with Crippen LogP contribution in [0.5, 0.6) is 0 Å². The highest BCUT2D eigenvalue weighted by molar-refractivity contribution is 6.12. The second-order valence-electron chi connectivity index (χ2n) is 6.38. The number of amides is 1. The highest BCUT2D eigenvalue weighted by Gasteiger charge is 2.64. The van der Waals surface area contributed by atoms with E-state index in [1.165, 1.54) is 0 Å². The molecule has 0 radical (unpaired) electrons. The molecule has 1 saturated heterocycles. The van der Waals surface area contributed by atoms with Crippen LogP contribution in [0.15, 0.2) is 60.7 Å². The van der Waals surface area contributed by atoms with E-state index in [1.807, 2.05) is 55.5 Å². The zero-order valence-electron chi connectivity index (χ0n) is 13.6. The summed E-state index contributed by atoms with van der Waals surface area (Å²) in [5.41, 5.74) is 2.41. The molecule has 0 N–H and O–H groups in total. The molecule has 120 valence electrons. The molecule has 0 bridgehead atoms. The van der Waals surface area contributed by atoms with Crippen LogP contribution in [0.25, 0.3) is 0 Å². The largest absolute Gasteiger partial charge is 0.439 e. The number of benzene rings is 2. The Balaban J connectivity index is 1.98. The van der Waals surface area contributed by atoms with E-state index in [1.54, 1.807) is 11.9 Å². The molecule has 4 heteroatoms. The molecule has 2 heterocycles. The van der Waals surface area contributed by atoms with Crippen molar-refractivity contribution in [3.05, 3.63) is 77.4 Å². The first kappa shape index (κ1) is 14.7. The summed E-state index contributed by atoms with van der Waals surface area (Å²) in [6.45, 7) is 5.92. The van der Waals surface area contributed by atoms with Gasteiger partial charge in [0.15, 0.2) is 0 Å². The van der Waals surface area contributed by atoms with E-state index < -0.39 is 17.5 Å². The van der Waals surface area contributed by atoms with E-state index in [4.69, 9.17) is 4.74 Å². The third kappa shape index (κ3) is 1.68. The molecule has 24 heavy (non-hydrogen) atoms. The van der Waals surface area contributed by atoms with Crippen LogP contribution in [-0.2, 0) is 19.9 Å². The smallest absolute Gasteiger partial charge is 0.335 e. The number of likely N-dealkylation sites (N-methyl/N-ethyl adjacent to an activating group) is 1. The van der Waals surface area contributed by atoms with Gasteiger partial charge < -0.3 is 9.64 Å². The lowest BCUT2D eigenvalue weighted by Crippen LogP contribution is -2.42. The normalized spacial score (nSPS) is 25.3. The number of carbonyl (C=O) groups is 2. The molecule has 2 aromatic carbocycles. The summed E-state index contributed by atoms with van der Waals surface area (Å²) in [6.07, 6.45) is 0. The lowest BCUT2D eigenvalue weighted by Gasteiger charge is -2.28. The van der Waals surface area contributed by atoms with Gasteiger partial charge >= 0.3 is 5.97 Å². The number of ether oxygens (including phenoxy) is 1. The second kappa shape index (κ2) is 4.81. The van der Waals surface area contributed by atoms with Gasteiger partial charge in [0, 0.05) is 18.2 Å². The van der Waals surface area contributed by atoms with Crippen molar-refractivity contribution < 1.29 is 14.3 Å². The zero-order valence-corrected chi connectivity index (χ0v) is 13.6. The van der Waals surface area contributed by atoms with Crippen molar-refractivity contribution >= 4 is 17.6 Å². The third-order valence-electron chi connectivity index (χ3n) is 4.97. The van der Waals surface area contributed by atoms with Gasteiger partial charge in [-0.15, -0.1) is 0 Å². The van der Waals surface area contributed by atoms with Crippen LogP contribution in [0.2, 0.25) is 0 Å². The minimum absolute atomic E-state index is 0.235. The van der Waals surface area contributed by atoms with Crippen molar-refractivity contribution in [2.45, 2.75) is 18.4 Å². The molecular formula is C20H17NO3. The fourth-order valence-corrected chi connectivity index (χ4v) is 3.76. The van der Waals surface area contributed by atoms with Crippen LogP contribution < -0.4 is 4.90 Å². The Hall–Kier alpha value is -2.88. The van der Waals surface area contributed by atoms with Gasteiger partial charge in [0.05, 0.1) is 11.6 Å². The fourth-order valence-electron chi connectivity index (χ4n) is 3.76. The van der Waals surface area contributed by atoms with Gasteiger partial charge in [-0.1, -0.05) is 54.6 Å². The van der Waals surface area contributed by atoms with E-state index >= 15 is 0 Å². The molecule has 0 aliphatic carbocycles. The summed E-state index contributed by atoms with van der Waals surface area (Å²) in [4.78, 5) is 27.0. The number of hydrogen-bond donors (Lipinski definition) is 0. The predicted molar refractivity (Wildman–Crippen MR) is 90.7 cm³/mol. The monoisotopic (exact) mass is 319 g/mol. The van der Waals surface area contributed by atoms with Crippen molar-refractivity contribution in [3.63, 3.8) is 0 Å². The van der Waals surface area contributed by atoms with E-state index in [9.17, 15) is 9.59 Å². The van der Waals surface area contributed by atoms with Crippen molar-refractivity contribution in [2.24, 2.45) is 0 Å². The summed E-state index contributed by atoms with van der Waals surface area (Å²) in [5, 5.41) is 0. The predicted octanol–water partition coefficient (Wildman–Crippen LogP) is 3.06. The minimum Gasteiger partial charge on any atom is -0.439 e. The van der Waals surface area contributed by atoms with Gasteiger partial charge in [-0.25, -0.2) is 4.79 Å². The van der Waals surface area contributed by atoms with E-state index in [0.29, 0.717) is 5.57 Å². The molecule has 2 aliphatic rings. The maximum Gasteiger partial charge on any atom is 0.335 e. The maximum absolute atomic E-state index is 13.1. The first-order valence-electron chi connectivity index (χ1n) is 7.83. The van der Waals surface area contributed by atoms with Gasteiger partial charge in [-0.3, -0.25) is 4.79 Å². The number of carbonyl (C=O) groups excluding carboxylic acids is 2. The third-order valence-corrected chi connectivity index (χ3v) is 4.97. The first-order chi connectivity index (χ1) is 11.5. The lowest BCUT2D eigenvalue weighted by atomic mass is 9.76. The summed E-state index contributed by atoms with van der Waals surface area (Å²) in [7, 11) is 1.71. The molecule has 2 aromatic rings. The minimum atomic E-state index is -1.35.